The van der Waals surface area contributed by atoms with E-state index in [-0.39, 0.29) is 27.6 Å². The summed E-state index contributed by atoms with van der Waals surface area (Å²) in [5.74, 6) is -0.430. The van der Waals surface area contributed by atoms with Crippen LogP contribution in [0.15, 0.2) is 24.5 Å². The number of carbonyl (C=O) groups is 1. The standard InChI is InChI=1S/C17H17ClF2N2O3/c1-17(2,3)25-16(23)11-7-22-14(18)6-9(11)10-5-12(15(19)20)21-8-13(10)24-4/h5-8,15H,1-4H3. The first kappa shape index (κ1) is 19.1. The molecule has 0 saturated heterocycles. The van der Waals surface area contributed by atoms with Crippen molar-refractivity contribution in [3.8, 4) is 16.9 Å². The van der Waals surface area contributed by atoms with Gasteiger partial charge in [-0.05, 0) is 32.9 Å². The maximum absolute atomic E-state index is 13.0. The van der Waals surface area contributed by atoms with Crippen LogP contribution in [0.1, 0.15) is 43.2 Å². The smallest absolute Gasteiger partial charge is 0.340 e. The molecular formula is C17H17ClF2N2O3. The van der Waals surface area contributed by atoms with Crippen LogP contribution in [0.5, 0.6) is 5.75 Å². The van der Waals surface area contributed by atoms with Gasteiger partial charge in [-0.1, -0.05) is 11.6 Å². The summed E-state index contributed by atoms with van der Waals surface area (Å²) in [4.78, 5) is 20.0. The van der Waals surface area contributed by atoms with Crippen molar-refractivity contribution in [1.29, 1.82) is 0 Å². The van der Waals surface area contributed by atoms with Crippen molar-refractivity contribution >= 4 is 17.6 Å². The summed E-state index contributed by atoms with van der Waals surface area (Å²) in [6.45, 7) is 5.15. The molecule has 0 aliphatic carbocycles. The van der Waals surface area contributed by atoms with Crippen molar-refractivity contribution in [1.82, 2.24) is 9.97 Å². The fraction of sp³-hybridized carbons (Fsp3) is 0.353. The van der Waals surface area contributed by atoms with E-state index in [0.717, 1.165) is 6.07 Å². The number of ether oxygens (including phenoxy) is 2. The monoisotopic (exact) mass is 370 g/mol. The molecule has 2 rings (SSSR count). The number of hydrogen-bond donors (Lipinski definition) is 0. The third-order valence-corrected chi connectivity index (χ3v) is 3.32. The van der Waals surface area contributed by atoms with Gasteiger partial charge in [-0.15, -0.1) is 0 Å². The van der Waals surface area contributed by atoms with Gasteiger partial charge in [0.25, 0.3) is 6.43 Å². The van der Waals surface area contributed by atoms with E-state index < -0.39 is 23.7 Å². The molecule has 0 unspecified atom stereocenters. The van der Waals surface area contributed by atoms with Crippen LogP contribution < -0.4 is 4.74 Å². The predicted molar refractivity (Wildman–Crippen MR) is 89.2 cm³/mol. The Labute approximate surface area is 149 Å². The van der Waals surface area contributed by atoms with Crippen LogP contribution in [0, 0.1) is 0 Å². The molecule has 134 valence electrons. The number of methoxy groups -OCH3 is 1. The summed E-state index contributed by atoms with van der Waals surface area (Å²) in [5, 5.41) is 0.0970. The zero-order valence-electron chi connectivity index (χ0n) is 14.1. The molecular weight excluding hydrogens is 354 g/mol. The summed E-state index contributed by atoms with van der Waals surface area (Å²) in [6, 6.07) is 2.55. The topological polar surface area (TPSA) is 61.3 Å². The second-order valence-corrected chi connectivity index (χ2v) is 6.55. The molecule has 0 spiro atoms. The second kappa shape index (κ2) is 7.31. The van der Waals surface area contributed by atoms with Gasteiger partial charge in [-0.2, -0.15) is 0 Å². The van der Waals surface area contributed by atoms with E-state index in [1.165, 1.54) is 25.6 Å². The van der Waals surface area contributed by atoms with Gasteiger partial charge in [0.1, 0.15) is 22.2 Å². The van der Waals surface area contributed by atoms with Crippen molar-refractivity contribution in [3.05, 3.63) is 40.9 Å². The van der Waals surface area contributed by atoms with Gasteiger partial charge in [0, 0.05) is 17.3 Å². The van der Waals surface area contributed by atoms with Crippen LogP contribution in [-0.4, -0.2) is 28.6 Å². The summed E-state index contributed by atoms with van der Waals surface area (Å²) in [5.41, 5.74) is -0.568. The number of hydrogen-bond acceptors (Lipinski definition) is 5. The van der Waals surface area contributed by atoms with E-state index in [4.69, 9.17) is 21.1 Å². The van der Waals surface area contributed by atoms with Gasteiger partial charge in [-0.3, -0.25) is 4.98 Å². The van der Waals surface area contributed by atoms with E-state index in [0.29, 0.717) is 0 Å². The highest BCUT2D eigenvalue weighted by atomic mass is 35.5. The molecule has 2 aromatic rings. The summed E-state index contributed by atoms with van der Waals surface area (Å²) in [6.07, 6.45) is -0.357. The molecule has 0 aliphatic heterocycles. The average Bonchev–Trinajstić information content (AvgIpc) is 2.52. The number of pyridine rings is 2. The van der Waals surface area contributed by atoms with Crippen molar-refractivity contribution in [2.75, 3.05) is 7.11 Å². The Balaban J connectivity index is 2.64. The van der Waals surface area contributed by atoms with Crippen molar-refractivity contribution in [2.24, 2.45) is 0 Å². The number of halogens is 3. The zero-order chi connectivity index (χ0) is 18.8. The van der Waals surface area contributed by atoms with Gasteiger partial charge in [0.05, 0.1) is 18.9 Å². The minimum atomic E-state index is -2.77. The van der Waals surface area contributed by atoms with E-state index >= 15 is 0 Å². The quantitative estimate of drug-likeness (QED) is 0.576. The molecule has 2 aromatic heterocycles. The van der Waals surface area contributed by atoms with Crippen LogP contribution >= 0.6 is 11.6 Å². The summed E-state index contributed by atoms with van der Waals surface area (Å²) in [7, 11) is 1.37. The fourth-order valence-corrected chi connectivity index (χ4v) is 2.26. The number of esters is 1. The maximum atomic E-state index is 13.0. The van der Waals surface area contributed by atoms with Gasteiger partial charge >= 0.3 is 5.97 Å². The predicted octanol–water partition coefficient (Wildman–Crippen LogP) is 4.70. The number of nitrogens with zero attached hydrogens (tertiary/aromatic N) is 2. The van der Waals surface area contributed by atoms with Crippen molar-refractivity contribution < 1.29 is 23.0 Å². The molecule has 0 bridgehead atoms. The second-order valence-electron chi connectivity index (χ2n) is 6.16. The first-order valence-corrected chi connectivity index (χ1v) is 7.71. The molecule has 5 nitrogen and oxygen atoms in total. The first-order chi connectivity index (χ1) is 11.6. The third kappa shape index (κ3) is 4.63. The molecule has 0 saturated carbocycles. The minimum Gasteiger partial charge on any atom is -0.494 e. The molecule has 0 amide bonds. The minimum absolute atomic E-state index is 0.0871. The molecule has 8 heteroatoms. The van der Waals surface area contributed by atoms with Crippen LogP contribution in [0.3, 0.4) is 0 Å². The van der Waals surface area contributed by atoms with Crippen molar-refractivity contribution in [3.63, 3.8) is 0 Å². The Morgan fingerprint density at radius 1 is 1.16 bits per heavy atom. The Morgan fingerprint density at radius 2 is 1.84 bits per heavy atom. The highest BCUT2D eigenvalue weighted by Crippen LogP contribution is 2.35. The van der Waals surface area contributed by atoms with Gasteiger partial charge in [-0.25, -0.2) is 18.6 Å². The number of alkyl halides is 2. The zero-order valence-corrected chi connectivity index (χ0v) is 14.9. The Morgan fingerprint density at radius 3 is 2.40 bits per heavy atom. The first-order valence-electron chi connectivity index (χ1n) is 7.33. The molecule has 0 N–H and O–H groups in total. The Bertz CT molecular complexity index is 792. The lowest BCUT2D eigenvalue weighted by Gasteiger charge is -2.21. The number of aromatic nitrogens is 2. The largest absolute Gasteiger partial charge is 0.494 e. The highest BCUT2D eigenvalue weighted by molar-refractivity contribution is 6.29. The highest BCUT2D eigenvalue weighted by Gasteiger charge is 2.24. The van der Waals surface area contributed by atoms with Gasteiger partial charge in [0.15, 0.2) is 0 Å². The van der Waals surface area contributed by atoms with E-state index in [9.17, 15) is 13.6 Å². The van der Waals surface area contributed by atoms with E-state index in [2.05, 4.69) is 9.97 Å². The van der Waals surface area contributed by atoms with Crippen LogP contribution in [0.4, 0.5) is 8.78 Å². The molecule has 0 radical (unpaired) electrons. The lowest BCUT2D eigenvalue weighted by Crippen LogP contribution is -2.24. The third-order valence-electron chi connectivity index (χ3n) is 3.11. The molecule has 0 aliphatic rings. The lowest BCUT2D eigenvalue weighted by atomic mass is 10.0. The van der Waals surface area contributed by atoms with Crippen LogP contribution in [-0.2, 0) is 4.74 Å². The van der Waals surface area contributed by atoms with E-state index in [1.807, 2.05) is 0 Å². The summed E-state index contributed by atoms with van der Waals surface area (Å²) < 4.78 is 36.6. The lowest BCUT2D eigenvalue weighted by molar-refractivity contribution is 0.00700. The van der Waals surface area contributed by atoms with Gasteiger partial charge in [0.2, 0.25) is 0 Å². The SMILES string of the molecule is COc1cnc(C(F)F)cc1-c1cc(Cl)ncc1C(=O)OC(C)(C)C. The molecule has 25 heavy (non-hydrogen) atoms. The van der Waals surface area contributed by atoms with Crippen LogP contribution in [0.25, 0.3) is 11.1 Å². The Hall–Kier alpha value is -2.28. The number of carbonyl (C=O) groups excluding carboxylic acids is 1. The molecule has 0 fully saturated rings. The Kier molecular flexibility index (Phi) is 5.57. The average molecular weight is 371 g/mol. The van der Waals surface area contributed by atoms with Crippen LogP contribution in [0.2, 0.25) is 5.15 Å². The fourth-order valence-electron chi connectivity index (χ4n) is 2.10. The number of rotatable bonds is 4. The maximum Gasteiger partial charge on any atom is 0.340 e. The normalized spacial score (nSPS) is 11.5. The molecule has 0 aromatic carbocycles. The molecule has 2 heterocycles. The van der Waals surface area contributed by atoms with Crippen molar-refractivity contribution in [2.45, 2.75) is 32.8 Å². The summed E-state index contributed by atoms with van der Waals surface area (Å²) >= 11 is 5.93. The van der Waals surface area contributed by atoms with E-state index in [1.54, 1.807) is 20.8 Å². The molecule has 0 atom stereocenters. The van der Waals surface area contributed by atoms with Gasteiger partial charge < -0.3 is 9.47 Å².